The number of anilines is 1. The van der Waals surface area contributed by atoms with E-state index >= 15 is 0 Å². The largest absolute Gasteiger partial charge is 0.403 e. The number of hydrogen-bond donors (Lipinski definition) is 1. The lowest BCUT2D eigenvalue weighted by molar-refractivity contribution is -0.0440. The molecule has 0 radical (unpaired) electrons. The molecule has 0 saturated carbocycles. The second-order valence-electron chi connectivity index (χ2n) is 8.27. The van der Waals surface area contributed by atoms with Crippen molar-refractivity contribution in [3.63, 3.8) is 0 Å². The van der Waals surface area contributed by atoms with Gasteiger partial charge in [-0.25, -0.2) is 16.8 Å². The zero-order chi connectivity index (χ0) is 25.4. The number of nitrogens with zero attached hydrogens (tertiary/aromatic N) is 3. The van der Waals surface area contributed by atoms with Gasteiger partial charge >= 0.3 is 6.01 Å². The van der Waals surface area contributed by atoms with E-state index in [1.165, 1.54) is 40.7 Å². The van der Waals surface area contributed by atoms with Crippen LogP contribution in [0, 0.1) is 0 Å². The van der Waals surface area contributed by atoms with Crippen LogP contribution in [0.1, 0.15) is 24.2 Å². The molecule has 3 aromatic rings. The molecule has 0 spiro atoms. The molecule has 4 rings (SSSR count). The molecule has 13 heteroatoms. The van der Waals surface area contributed by atoms with Crippen molar-refractivity contribution in [1.29, 1.82) is 0 Å². The summed E-state index contributed by atoms with van der Waals surface area (Å²) in [5, 5.41) is 10.1. The molecule has 1 amide bonds. The highest BCUT2D eigenvalue weighted by Gasteiger charge is 2.32. The van der Waals surface area contributed by atoms with Crippen molar-refractivity contribution < 1.29 is 30.8 Å². The molecule has 0 aliphatic carbocycles. The van der Waals surface area contributed by atoms with Gasteiger partial charge in [-0.3, -0.25) is 10.1 Å². The van der Waals surface area contributed by atoms with Gasteiger partial charge < -0.3 is 9.15 Å². The highest BCUT2D eigenvalue weighted by Crippen LogP contribution is 2.24. The molecule has 0 bridgehead atoms. The second-order valence-corrected chi connectivity index (χ2v) is 12.2. The maximum absolute atomic E-state index is 13.0. The van der Waals surface area contributed by atoms with E-state index < -0.39 is 25.8 Å². The smallest absolute Gasteiger partial charge is 0.322 e. The molecule has 1 aliphatic rings. The first kappa shape index (κ1) is 25.0. The van der Waals surface area contributed by atoms with Crippen LogP contribution in [0.15, 0.2) is 62.7 Å². The van der Waals surface area contributed by atoms with E-state index in [9.17, 15) is 21.6 Å². The molecule has 0 unspecified atom stereocenters. The quantitative estimate of drug-likeness (QED) is 0.516. The number of benzene rings is 2. The Labute approximate surface area is 203 Å². The van der Waals surface area contributed by atoms with Crippen LogP contribution < -0.4 is 5.32 Å². The minimum Gasteiger partial charge on any atom is -0.403 e. The fourth-order valence-electron chi connectivity index (χ4n) is 3.67. The van der Waals surface area contributed by atoms with Crippen molar-refractivity contribution in [2.75, 3.05) is 24.7 Å². The normalized spacial score (nSPS) is 19.4. The first-order valence-corrected chi connectivity index (χ1v) is 14.0. The van der Waals surface area contributed by atoms with Crippen LogP contribution in [0.4, 0.5) is 6.01 Å². The molecule has 2 aromatic carbocycles. The van der Waals surface area contributed by atoms with Gasteiger partial charge in [0.25, 0.3) is 5.91 Å². The topological polar surface area (TPSA) is 149 Å². The molecule has 1 saturated heterocycles. The number of carbonyl (C=O) groups excluding carboxylic acids is 1. The summed E-state index contributed by atoms with van der Waals surface area (Å²) in [6.45, 7) is 4.14. The molecular formula is C22H24N4O7S2. The highest BCUT2D eigenvalue weighted by atomic mass is 32.2. The average molecular weight is 521 g/mol. The van der Waals surface area contributed by atoms with Crippen LogP contribution >= 0.6 is 0 Å². The predicted molar refractivity (Wildman–Crippen MR) is 126 cm³/mol. The average Bonchev–Trinajstić information content (AvgIpc) is 3.26. The number of nitrogens with one attached hydrogen (secondary N) is 1. The van der Waals surface area contributed by atoms with E-state index in [-0.39, 0.29) is 52.6 Å². The third kappa shape index (κ3) is 5.59. The lowest BCUT2D eigenvalue weighted by atomic mass is 10.2. The minimum absolute atomic E-state index is 0.0289. The number of ether oxygens (including phenoxy) is 1. The molecule has 35 heavy (non-hydrogen) atoms. The van der Waals surface area contributed by atoms with Gasteiger partial charge in [-0.1, -0.05) is 11.2 Å². The Kier molecular flexibility index (Phi) is 6.77. The Bertz CT molecular complexity index is 1440. The summed E-state index contributed by atoms with van der Waals surface area (Å²) in [7, 11) is -7.15. The number of rotatable bonds is 6. The predicted octanol–water partition coefficient (Wildman–Crippen LogP) is 2.19. The number of hydrogen-bond acceptors (Lipinski definition) is 9. The van der Waals surface area contributed by atoms with Crippen molar-refractivity contribution in [3.05, 3.63) is 54.1 Å². The number of sulfone groups is 1. The maximum atomic E-state index is 13.0. The zero-order valence-corrected chi connectivity index (χ0v) is 20.8. The van der Waals surface area contributed by atoms with E-state index in [4.69, 9.17) is 9.15 Å². The van der Waals surface area contributed by atoms with Crippen molar-refractivity contribution >= 4 is 31.8 Å². The number of sulfonamides is 1. The summed E-state index contributed by atoms with van der Waals surface area (Å²) < 4.78 is 61.9. The van der Waals surface area contributed by atoms with Gasteiger partial charge in [-0.15, -0.1) is 5.10 Å². The Hall–Kier alpha value is -3.13. The van der Waals surface area contributed by atoms with Crippen molar-refractivity contribution in [2.45, 2.75) is 35.8 Å². The van der Waals surface area contributed by atoms with Crippen molar-refractivity contribution in [3.8, 4) is 11.5 Å². The van der Waals surface area contributed by atoms with Gasteiger partial charge in [0.2, 0.25) is 15.9 Å². The van der Waals surface area contributed by atoms with Gasteiger partial charge in [0.1, 0.15) is 0 Å². The standard InChI is InChI=1S/C22H24N4O7S2/c1-14-12-26(13-15(2)32-14)35(30,31)18-9-7-16(8-10-18)20(27)23-22-25-24-21(33-22)17-5-4-6-19(11-17)34(3,28)29/h4-11,14-15H,12-13H2,1-3H3,(H,23,25,27)/t14-,15-/m0/s1. The molecule has 2 heterocycles. The molecule has 1 fully saturated rings. The zero-order valence-electron chi connectivity index (χ0n) is 19.2. The van der Waals surface area contributed by atoms with Crippen molar-refractivity contribution in [2.24, 2.45) is 0 Å². The van der Waals surface area contributed by atoms with Gasteiger partial charge in [-0.2, -0.15) is 4.31 Å². The maximum Gasteiger partial charge on any atom is 0.322 e. The van der Waals surface area contributed by atoms with Crippen LogP contribution in [0.25, 0.3) is 11.5 Å². The summed E-state index contributed by atoms with van der Waals surface area (Å²) >= 11 is 0. The summed E-state index contributed by atoms with van der Waals surface area (Å²) in [6.07, 6.45) is 0.655. The van der Waals surface area contributed by atoms with E-state index in [1.807, 2.05) is 13.8 Å². The lowest BCUT2D eigenvalue weighted by Crippen LogP contribution is -2.48. The Morgan fingerprint density at radius 3 is 2.26 bits per heavy atom. The molecular weight excluding hydrogens is 496 g/mol. The fraction of sp³-hybridized carbons (Fsp3) is 0.318. The van der Waals surface area contributed by atoms with E-state index in [0.29, 0.717) is 5.56 Å². The van der Waals surface area contributed by atoms with E-state index in [0.717, 1.165) is 6.26 Å². The molecule has 11 nitrogen and oxygen atoms in total. The highest BCUT2D eigenvalue weighted by molar-refractivity contribution is 7.90. The third-order valence-electron chi connectivity index (χ3n) is 5.29. The van der Waals surface area contributed by atoms with Gasteiger partial charge in [-0.05, 0) is 56.3 Å². The monoisotopic (exact) mass is 520 g/mol. The first-order valence-electron chi connectivity index (χ1n) is 10.6. The number of carbonyl (C=O) groups is 1. The third-order valence-corrected chi connectivity index (χ3v) is 8.25. The van der Waals surface area contributed by atoms with Crippen LogP contribution in [-0.2, 0) is 24.6 Å². The molecule has 2 atom stereocenters. The first-order chi connectivity index (χ1) is 16.4. The van der Waals surface area contributed by atoms with Gasteiger partial charge in [0.05, 0.1) is 22.0 Å². The molecule has 1 aliphatic heterocycles. The number of amides is 1. The van der Waals surface area contributed by atoms with Gasteiger partial charge in [0, 0.05) is 30.5 Å². The van der Waals surface area contributed by atoms with Crippen molar-refractivity contribution in [1.82, 2.24) is 14.5 Å². The SMILES string of the molecule is C[C@H]1CN(S(=O)(=O)c2ccc(C(=O)Nc3nnc(-c4cccc(S(C)(=O)=O)c4)o3)cc2)C[C@H](C)O1. The minimum atomic E-state index is -3.73. The summed E-state index contributed by atoms with van der Waals surface area (Å²) in [5.41, 5.74) is 0.564. The van der Waals surface area contributed by atoms with E-state index in [1.54, 1.807) is 12.1 Å². The van der Waals surface area contributed by atoms with Crippen LogP contribution in [-0.4, -0.2) is 68.8 Å². The summed E-state index contributed by atoms with van der Waals surface area (Å²) in [5.74, 6) is -0.552. The lowest BCUT2D eigenvalue weighted by Gasteiger charge is -2.34. The Balaban J connectivity index is 1.47. The summed E-state index contributed by atoms with van der Waals surface area (Å²) in [4.78, 5) is 12.8. The summed E-state index contributed by atoms with van der Waals surface area (Å²) in [6, 6.07) is 11.3. The molecule has 186 valence electrons. The number of aromatic nitrogens is 2. The van der Waals surface area contributed by atoms with Crippen LogP contribution in [0.2, 0.25) is 0 Å². The van der Waals surface area contributed by atoms with Crippen LogP contribution in [0.3, 0.4) is 0 Å². The second kappa shape index (κ2) is 9.49. The molecule has 1 aromatic heterocycles. The van der Waals surface area contributed by atoms with Crippen LogP contribution in [0.5, 0.6) is 0 Å². The van der Waals surface area contributed by atoms with Gasteiger partial charge in [0.15, 0.2) is 9.84 Å². The number of morpholine rings is 1. The van der Waals surface area contributed by atoms with E-state index in [2.05, 4.69) is 15.5 Å². The Morgan fingerprint density at radius 2 is 1.63 bits per heavy atom. The molecule has 1 N–H and O–H groups in total. The fourth-order valence-corrected chi connectivity index (χ4v) is 5.93. The Morgan fingerprint density at radius 1 is 0.971 bits per heavy atom.